The topological polar surface area (TPSA) is 8.81 Å². The summed E-state index contributed by atoms with van der Waals surface area (Å²) in [5.74, 6) is -2.62. The Balaban J connectivity index is 0.000000791. The van der Waals surface area contributed by atoms with Crippen LogP contribution >= 0.6 is 0 Å². The van der Waals surface area contributed by atoms with Crippen molar-refractivity contribution >= 4 is 0 Å². The van der Waals surface area contributed by atoms with E-state index in [1.54, 1.807) is 37.9 Å². The zero-order chi connectivity index (χ0) is 20.3. The molecule has 0 saturated carbocycles. The van der Waals surface area contributed by atoms with Crippen LogP contribution in [-0.4, -0.2) is 4.57 Å². The molecule has 0 radical (unpaired) electrons. The summed E-state index contributed by atoms with van der Waals surface area (Å²) < 4.78 is 47.5. The lowest BCUT2D eigenvalue weighted by Gasteiger charge is -2.44. The molecule has 146 valence electrons. The maximum absolute atomic E-state index is 16.0. The first-order valence-corrected chi connectivity index (χ1v) is 9.56. The minimum Gasteiger partial charge on any atom is -0.232 e. The number of hydrogen-bond donors (Lipinski definition) is 0. The summed E-state index contributed by atoms with van der Waals surface area (Å²) in [5, 5.41) is 0. The van der Waals surface area contributed by atoms with Crippen molar-refractivity contribution in [1.82, 2.24) is 4.57 Å². The molecule has 0 spiro atoms. The molecule has 1 aliphatic rings. The van der Waals surface area contributed by atoms with Gasteiger partial charge >= 0.3 is 0 Å². The first-order chi connectivity index (χ1) is 12.3. The number of fused-ring (bicyclic) bond motifs is 3. The van der Waals surface area contributed by atoms with Gasteiger partial charge in [-0.2, -0.15) is 8.96 Å². The van der Waals surface area contributed by atoms with Crippen molar-refractivity contribution in [1.29, 1.82) is 0 Å². The number of benzene rings is 1. The molecule has 2 heterocycles. The van der Waals surface area contributed by atoms with Crippen LogP contribution in [0.4, 0.5) is 13.2 Å². The highest BCUT2D eigenvalue weighted by molar-refractivity contribution is 5.65. The van der Waals surface area contributed by atoms with Gasteiger partial charge in [0.15, 0.2) is 0 Å². The summed E-state index contributed by atoms with van der Waals surface area (Å²) >= 11 is 0. The van der Waals surface area contributed by atoms with Crippen LogP contribution in [0.1, 0.15) is 66.9 Å². The molecular formula is C21H32F3N2+. The Morgan fingerprint density at radius 2 is 1.62 bits per heavy atom. The highest BCUT2D eigenvalue weighted by atomic mass is 19.1. The number of hydrogen-bond acceptors (Lipinski definition) is 0. The third-order valence-electron chi connectivity index (χ3n) is 5.28. The van der Waals surface area contributed by atoms with E-state index in [0.29, 0.717) is 23.4 Å². The molecule has 0 aliphatic carbocycles. The first-order valence-electron chi connectivity index (χ1n) is 9.56. The van der Waals surface area contributed by atoms with Gasteiger partial charge in [0.1, 0.15) is 29.6 Å². The van der Waals surface area contributed by atoms with E-state index >= 15 is 4.39 Å². The summed E-state index contributed by atoms with van der Waals surface area (Å²) in [7, 11) is 1.74. The molecule has 26 heavy (non-hydrogen) atoms. The number of aromatic nitrogens is 2. The van der Waals surface area contributed by atoms with Gasteiger partial charge in [0, 0.05) is 12.5 Å². The van der Waals surface area contributed by atoms with Gasteiger partial charge in [0.2, 0.25) is 0 Å². The van der Waals surface area contributed by atoms with E-state index in [0.717, 1.165) is 6.07 Å². The Morgan fingerprint density at radius 1 is 1.04 bits per heavy atom. The first kappa shape index (κ1) is 22.3. The van der Waals surface area contributed by atoms with Crippen LogP contribution in [-0.2, 0) is 18.3 Å². The van der Waals surface area contributed by atoms with E-state index < -0.39 is 22.8 Å². The minimum absolute atomic E-state index is 0.219. The van der Waals surface area contributed by atoms with Gasteiger partial charge in [-0.1, -0.05) is 41.5 Å². The van der Waals surface area contributed by atoms with Crippen LogP contribution < -0.4 is 4.57 Å². The zero-order valence-electron chi connectivity index (χ0n) is 17.3. The Labute approximate surface area is 155 Å². The maximum Gasteiger partial charge on any atom is 0.294 e. The quantitative estimate of drug-likeness (QED) is 0.572. The average Bonchev–Trinajstić information content (AvgIpc) is 3.04. The smallest absolute Gasteiger partial charge is 0.232 e. The molecule has 2 nitrogen and oxygen atoms in total. The minimum atomic E-state index is -1.73. The summed E-state index contributed by atoms with van der Waals surface area (Å²) in [5.41, 5.74) is -0.308. The molecule has 3 rings (SSSR count). The van der Waals surface area contributed by atoms with Gasteiger partial charge in [-0.05, 0) is 25.0 Å². The lowest BCUT2D eigenvalue weighted by molar-refractivity contribution is -0.660. The largest absolute Gasteiger partial charge is 0.294 e. The second kappa shape index (κ2) is 8.28. The molecular weight excluding hydrogens is 337 g/mol. The fraction of sp³-hybridized carbons (Fsp3) is 0.571. The van der Waals surface area contributed by atoms with E-state index in [2.05, 4.69) is 0 Å². The maximum atomic E-state index is 16.0. The van der Waals surface area contributed by atoms with E-state index in [1.165, 1.54) is 10.6 Å². The van der Waals surface area contributed by atoms with Crippen molar-refractivity contribution in [3.63, 3.8) is 0 Å². The monoisotopic (exact) mass is 369 g/mol. The molecule has 5 heteroatoms. The van der Waals surface area contributed by atoms with E-state index in [-0.39, 0.29) is 6.42 Å². The van der Waals surface area contributed by atoms with Crippen LogP contribution in [0.5, 0.6) is 0 Å². The van der Waals surface area contributed by atoms with E-state index in [1.807, 2.05) is 34.6 Å². The summed E-state index contributed by atoms with van der Waals surface area (Å²) in [6.45, 7) is 13.4. The Morgan fingerprint density at radius 3 is 2.12 bits per heavy atom. The fourth-order valence-corrected chi connectivity index (χ4v) is 3.79. The number of imidazole rings is 1. The lowest BCUT2D eigenvalue weighted by atomic mass is 9.67. The van der Waals surface area contributed by atoms with Crippen molar-refractivity contribution in [3.8, 4) is 11.4 Å². The molecule has 1 aliphatic heterocycles. The van der Waals surface area contributed by atoms with Gasteiger partial charge in [-0.3, -0.25) is 0 Å². The average molecular weight is 369 g/mol. The van der Waals surface area contributed by atoms with Gasteiger partial charge < -0.3 is 0 Å². The van der Waals surface area contributed by atoms with Crippen molar-refractivity contribution in [2.75, 3.05) is 0 Å². The molecule has 1 unspecified atom stereocenters. The van der Waals surface area contributed by atoms with Crippen LogP contribution in [0.2, 0.25) is 0 Å². The van der Waals surface area contributed by atoms with Crippen LogP contribution in [0.15, 0.2) is 24.5 Å². The van der Waals surface area contributed by atoms with Crippen molar-refractivity contribution in [2.24, 2.45) is 7.05 Å². The predicted molar refractivity (Wildman–Crippen MR) is 101 cm³/mol. The van der Waals surface area contributed by atoms with Gasteiger partial charge in [0.25, 0.3) is 11.6 Å². The second-order valence-electron chi connectivity index (χ2n) is 6.21. The number of nitrogens with zero attached hydrogens (tertiary/aromatic N) is 2. The standard InChI is InChI=1S/C17H20F3N2.2C2H6/c1-5-16(3)12-9-11(18)10-13(19)14(12)15-21(4)7-8-22(15)17(16,20)6-2;2*1-2/h7-10H,5-6H2,1-4H3;2*1-2H3/q+1;;/t16?,17-;;/m1../s1. The number of alkyl halides is 1. The van der Waals surface area contributed by atoms with Gasteiger partial charge in [-0.15, -0.1) is 0 Å². The van der Waals surface area contributed by atoms with Gasteiger partial charge in [0.05, 0.1) is 12.5 Å². The molecule has 0 N–H and O–H groups in total. The van der Waals surface area contributed by atoms with Crippen LogP contribution in [0, 0.1) is 11.6 Å². The molecule has 1 aromatic heterocycles. The molecule has 0 saturated heterocycles. The number of halogens is 3. The Bertz CT molecular complexity index is 754. The molecule has 2 atom stereocenters. The fourth-order valence-electron chi connectivity index (χ4n) is 3.79. The predicted octanol–water partition coefficient (Wildman–Crippen LogP) is 6.02. The van der Waals surface area contributed by atoms with Crippen LogP contribution in [0.3, 0.4) is 0 Å². The molecule has 1 aromatic carbocycles. The molecule has 0 fully saturated rings. The van der Waals surface area contributed by atoms with Crippen molar-refractivity contribution < 1.29 is 17.7 Å². The summed E-state index contributed by atoms with van der Waals surface area (Å²) in [6, 6.07) is 2.14. The second-order valence-corrected chi connectivity index (χ2v) is 6.21. The number of rotatable bonds is 2. The summed E-state index contributed by atoms with van der Waals surface area (Å²) in [6.07, 6.45) is 4.00. The lowest BCUT2D eigenvalue weighted by Crippen LogP contribution is -2.52. The van der Waals surface area contributed by atoms with Crippen molar-refractivity contribution in [2.45, 2.75) is 72.5 Å². The number of aryl methyl sites for hydroxylation is 1. The highest BCUT2D eigenvalue weighted by Gasteiger charge is 2.59. The third kappa shape index (κ3) is 2.95. The highest BCUT2D eigenvalue weighted by Crippen LogP contribution is 2.54. The Hall–Kier alpha value is -1.78. The van der Waals surface area contributed by atoms with Crippen molar-refractivity contribution in [3.05, 3.63) is 41.7 Å². The van der Waals surface area contributed by atoms with E-state index in [4.69, 9.17) is 0 Å². The van der Waals surface area contributed by atoms with Crippen LogP contribution in [0.25, 0.3) is 11.4 Å². The molecule has 0 bridgehead atoms. The third-order valence-corrected chi connectivity index (χ3v) is 5.28. The zero-order valence-corrected chi connectivity index (χ0v) is 17.3. The SMILES string of the molecule is CC.CC.CCC1(C)c2cc(F)cc(F)c2-c2n(cc[n+]2C)[C@]1(F)CC. The van der Waals surface area contributed by atoms with E-state index in [9.17, 15) is 8.78 Å². The normalized spacial score (nSPS) is 23.0. The molecule has 0 amide bonds. The Kier molecular flexibility index (Phi) is 7.09. The molecule has 2 aromatic rings. The van der Waals surface area contributed by atoms with Gasteiger partial charge in [-0.25, -0.2) is 13.3 Å². The summed E-state index contributed by atoms with van der Waals surface area (Å²) in [4.78, 5) is 0.